The van der Waals surface area contributed by atoms with E-state index in [2.05, 4.69) is 10.1 Å². The Labute approximate surface area is 112 Å². The Morgan fingerprint density at radius 1 is 1.05 bits per heavy atom. The molecular weight excluding hydrogens is 254 g/mol. The van der Waals surface area contributed by atoms with Crippen LogP contribution in [0.4, 0.5) is 0 Å². The van der Waals surface area contributed by atoms with Crippen molar-refractivity contribution in [3.8, 4) is 0 Å². The van der Waals surface area contributed by atoms with E-state index in [0.29, 0.717) is 13.0 Å². The number of nitrogens with one attached hydrogen (secondary N) is 1. The Balaban J connectivity index is 4.23. The van der Waals surface area contributed by atoms with E-state index in [1.165, 1.54) is 7.11 Å². The molecule has 0 aromatic carbocycles. The maximum Gasteiger partial charge on any atom is 0.334 e. The molecular formula is C12H21NO6. The summed E-state index contributed by atoms with van der Waals surface area (Å²) in [5.74, 6) is -1.70. The van der Waals surface area contributed by atoms with Gasteiger partial charge >= 0.3 is 17.9 Å². The second-order valence-corrected chi connectivity index (χ2v) is 3.57. The summed E-state index contributed by atoms with van der Waals surface area (Å²) in [7, 11) is 1.30. The highest BCUT2D eigenvalue weighted by Crippen LogP contribution is 1.97. The van der Waals surface area contributed by atoms with E-state index >= 15 is 0 Å². The summed E-state index contributed by atoms with van der Waals surface area (Å²) in [4.78, 5) is 34.0. The summed E-state index contributed by atoms with van der Waals surface area (Å²) in [6, 6.07) is -1.16. The third-order valence-corrected chi connectivity index (χ3v) is 2.18. The van der Waals surface area contributed by atoms with Gasteiger partial charge in [-0.05, 0) is 26.8 Å². The molecule has 7 nitrogen and oxygen atoms in total. The maximum absolute atomic E-state index is 11.6. The van der Waals surface area contributed by atoms with Gasteiger partial charge in [0.15, 0.2) is 0 Å². The van der Waals surface area contributed by atoms with Crippen LogP contribution in [0, 0.1) is 0 Å². The van der Waals surface area contributed by atoms with Crippen molar-refractivity contribution >= 4 is 17.9 Å². The topological polar surface area (TPSA) is 90.9 Å². The highest BCUT2D eigenvalue weighted by molar-refractivity contribution is 5.99. The first-order valence-electron chi connectivity index (χ1n) is 6.20. The van der Waals surface area contributed by atoms with Crippen LogP contribution >= 0.6 is 0 Å². The van der Waals surface area contributed by atoms with Crippen molar-refractivity contribution in [3.63, 3.8) is 0 Å². The Hall–Kier alpha value is -1.63. The minimum atomic E-state index is -1.16. The van der Waals surface area contributed by atoms with E-state index in [1.54, 1.807) is 13.8 Å². The van der Waals surface area contributed by atoms with E-state index < -0.39 is 18.0 Å². The Bertz CT molecular complexity index is 287. The van der Waals surface area contributed by atoms with Gasteiger partial charge in [0.05, 0.1) is 20.3 Å². The third-order valence-electron chi connectivity index (χ3n) is 2.18. The fourth-order valence-electron chi connectivity index (χ4n) is 1.30. The van der Waals surface area contributed by atoms with Crippen LogP contribution in [0.5, 0.6) is 0 Å². The maximum atomic E-state index is 11.6. The number of hydrogen-bond donors (Lipinski definition) is 1. The van der Waals surface area contributed by atoms with Gasteiger partial charge in [-0.1, -0.05) is 0 Å². The molecule has 0 unspecified atom stereocenters. The number of ether oxygens (including phenoxy) is 3. The van der Waals surface area contributed by atoms with Gasteiger partial charge in [-0.2, -0.15) is 0 Å². The number of carbonyl (C=O) groups excluding carboxylic acids is 3. The first-order chi connectivity index (χ1) is 9.06. The minimum Gasteiger partial charge on any atom is -0.469 e. The van der Waals surface area contributed by atoms with Crippen molar-refractivity contribution in [2.24, 2.45) is 0 Å². The van der Waals surface area contributed by atoms with Crippen molar-refractivity contribution in [2.75, 3.05) is 26.9 Å². The third kappa shape index (κ3) is 7.40. The molecule has 0 radical (unpaired) electrons. The average molecular weight is 275 g/mol. The van der Waals surface area contributed by atoms with E-state index in [0.717, 1.165) is 0 Å². The second-order valence-electron chi connectivity index (χ2n) is 3.57. The molecule has 1 N–H and O–H groups in total. The lowest BCUT2D eigenvalue weighted by Gasteiger charge is -2.15. The van der Waals surface area contributed by atoms with Crippen LogP contribution in [-0.2, 0) is 28.6 Å². The van der Waals surface area contributed by atoms with Gasteiger partial charge in [-0.3, -0.25) is 10.1 Å². The largest absolute Gasteiger partial charge is 0.469 e. The molecule has 0 aliphatic rings. The number of methoxy groups -OCH3 is 1. The first-order valence-corrected chi connectivity index (χ1v) is 6.20. The standard InChI is InChI=1S/C12H21NO6/c1-4-18-11(15)10(12(16)19-5-2)13-8-6-7-9(14)17-3/h10,13H,4-8H2,1-3H3. The minimum absolute atomic E-state index is 0.179. The zero-order chi connectivity index (χ0) is 14.7. The van der Waals surface area contributed by atoms with Gasteiger partial charge in [-0.15, -0.1) is 0 Å². The molecule has 0 saturated carbocycles. The number of esters is 3. The molecule has 0 saturated heterocycles. The highest BCUT2D eigenvalue weighted by atomic mass is 16.6. The van der Waals surface area contributed by atoms with Crippen LogP contribution in [0.2, 0.25) is 0 Å². The summed E-state index contributed by atoms with van der Waals surface area (Å²) >= 11 is 0. The van der Waals surface area contributed by atoms with Gasteiger partial charge in [-0.25, -0.2) is 9.59 Å². The normalized spacial score (nSPS) is 10.1. The molecule has 0 spiro atoms. The lowest BCUT2D eigenvalue weighted by Crippen LogP contribution is -2.46. The Morgan fingerprint density at radius 3 is 2.00 bits per heavy atom. The number of rotatable bonds is 9. The molecule has 0 atom stereocenters. The first kappa shape index (κ1) is 17.4. The summed E-state index contributed by atoms with van der Waals surface area (Å²) in [6.45, 7) is 3.96. The lowest BCUT2D eigenvalue weighted by atomic mass is 10.2. The summed E-state index contributed by atoms with van der Waals surface area (Å²) < 4.78 is 14.0. The van der Waals surface area contributed by atoms with Gasteiger partial charge < -0.3 is 14.2 Å². The number of carbonyl (C=O) groups is 3. The molecule has 0 aromatic heterocycles. The van der Waals surface area contributed by atoms with E-state index in [1.807, 2.05) is 0 Å². The molecule has 7 heteroatoms. The average Bonchev–Trinajstić information content (AvgIpc) is 2.38. The van der Waals surface area contributed by atoms with Crippen LogP contribution < -0.4 is 5.32 Å². The van der Waals surface area contributed by atoms with Crippen LogP contribution in [-0.4, -0.2) is 50.8 Å². The zero-order valence-electron chi connectivity index (χ0n) is 11.6. The van der Waals surface area contributed by atoms with Gasteiger partial charge in [0.25, 0.3) is 0 Å². The van der Waals surface area contributed by atoms with E-state index in [-0.39, 0.29) is 25.6 Å². The quantitative estimate of drug-likeness (QED) is 0.274. The molecule has 0 aliphatic carbocycles. The molecule has 19 heavy (non-hydrogen) atoms. The number of hydrogen-bond acceptors (Lipinski definition) is 7. The van der Waals surface area contributed by atoms with Crippen molar-refractivity contribution in [1.82, 2.24) is 5.32 Å². The van der Waals surface area contributed by atoms with E-state index in [9.17, 15) is 14.4 Å². The smallest absolute Gasteiger partial charge is 0.334 e. The van der Waals surface area contributed by atoms with E-state index in [4.69, 9.17) is 9.47 Å². The van der Waals surface area contributed by atoms with Crippen LogP contribution in [0.3, 0.4) is 0 Å². The fourth-order valence-corrected chi connectivity index (χ4v) is 1.30. The second kappa shape index (κ2) is 10.3. The van der Waals surface area contributed by atoms with Gasteiger partial charge in [0.1, 0.15) is 0 Å². The van der Waals surface area contributed by atoms with Crippen LogP contribution in [0.1, 0.15) is 26.7 Å². The van der Waals surface area contributed by atoms with Crippen molar-refractivity contribution < 1.29 is 28.6 Å². The van der Waals surface area contributed by atoms with Gasteiger partial charge in [0, 0.05) is 6.42 Å². The predicted octanol–water partition coefficient (Wildman–Crippen LogP) is 0.0240. The van der Waals surface area contributed by atoms with Crippen LogP contribution in [0.15, 0.2) is 0 Å². The van der Waals surface area contributed by atoms with Crippen molar-refractivity contribution in [3.05, 3.63) is 0 Å². The zero-order valence-corrected chi connectivity index (χ0v) is 11.6. The lowest BCUT2D eigenvalue weighted by molar-refractivity contribution is -0.157. The summed E-state index contributed by atoms with van der Waals surface area (Å²) in [5.41, 5.74) is 0. The molecule has 0 fully saturated rings. The molecule has 0 heterocycles. The predicted molar refractivity (Wildman–Crippen MR) is 66.3 cm³/mol. The SMILES string of the molecule is CCOC(=O)C(NCCCC(=O)OC)C(=O)OCC. The van der Waals surface area contributed by atoms with Crippen molar-refractivity contribution in [2.45, 2.75) is 32.7 Å². The van der Waals surface area contributed by atoms with Gasteiger partial charge in [0.2, 0.25) is 6.04 Å². The van der Waals surface area contributed by atoms with Crippen molar-refractivity contribution in [1.29, 1.82) is 0 Å². The molecule has 0 bridgehead atoms. The molecule has 0 rings (SSSR count). The summed E-state index contributed by atoms with van der Waals surface area (Å²) in [6.07, 6.45) is 0.657. The monoisotopic (exact) mass is 275 g/mol. The fraction of sp³-hybridized carbons (Fsp3) is 0.750. The molecule has 110 valence electrons. The Morgan fingerprint density at radius 2 is 1.58 bits per heavy atom. The van der Waals surface area contributed by atoms with Crippen LogP contribution in [0.25, 0.3) is 0 Å². The highest BCUT2D eigenvalue weighted by Gasteiger charge is 2.28. The Kier molecular flexibility index (Phi) is 9.42. The molecule has 0 aliphatic heterocycles. The molecule has 0 amide bonds. The molecule has 0 aromatic rings. The summed E-state index contributed by atoms with van der Waals surface area (Å²) in [5, 5.41) is 2.71.